The Bertz CT molecular complexity index is 868. The second-order valence-corrected chi connectivity index (χ2v) is 6.08. The quantitative estimate of drug-likeness (QED) is 0.733. The second kappa shape index (κ2) is 5.67. The van der Waals surface area contributed by atoms with E-state index in [0.717, 1.165) is 16.8 Å². The maximum absolute atomic E-state index is 13.1. The largest absolute Gasteiger partial charge is 0.443 e. The Hall–Kier alpha value is -2.82. The Morgan fingerprint density at radius 2 is 1.92 bits per heavy atom. The molecule has 0 aliphatic carbocycles. The lowest BCUT2D eigenvalue weighted by atomic mass is 10.0. The zero-order valence-electron chi connectivity index (χ0n) is 13.1. The minimum absolute atomic E-state index is 0.0129. The number of hydrogen-bond acceptors (Lipinski definition) is 4. The molecule has 0 saturated carbocycles. The van der Waals surface area contributed by atoms with Gasteiger partial charge in [-0.15, -0.1) is 0 Å². The van der Waals surface area contributed by atoms with Gasteiger partial charge in [-0.2, -0.15) is 18.4 Å². The summed E-state index contributed by atoms with van der Waals surface area (Å²) in [6.07, 6.45) is -4.20. The van der Waals surface area contributed by atoms with Crippen LogP contribution in [0.5, 0.6) is 0 Å². The van der Waals surface area contributed by atoms with E-state index in [0.29, 0.717) is 12.4 Å². The van der Waals surface area contributed by atoms with Crippen LogP contribution in [0.1, 0.15) is 42.3 Å². The van der Waals surface area contributed by atoms with Crippen molar-refractivity contribution in [2.24, 2.45) is 0 Å². The molecule has 8 heteroatoms. The molecule has 0 aliphatic heterocycles. The first-order chi connectivity index (χ1) is 11.0. The van der Waals surface area contributed by atoms with Crippen LogP contribution in [0.15, 0.2) is 18.3 Å². The Balaban J connectivity index is 2.77. The summed E-state index contributed by atoms with van der Waals surface area (Å²) in [6.45, 7) is 4.81. The zero-order valence-corrected chi connectivity index (χ0v) is 13.1. The van der Waals surface area contributed by atoms with Crippen molar-refractivity contribution in [2.75, 3.05) is 0 Å². The van der Waals surface area contributed by atoms with Crippen LogP contribution >= 0.6 is 0 Å². The number of aldehydes is 1. The molecular weight excluding hydrogens is 325 g/mol. The number of alkyl halides is 3. The summed E-state index contributed by atoms with van der Waals surface area (Å²) in [5.41, 5.74) is -2.84. The highest BCUT2D eigenvalue weighted by molar-refractivity contribution is 6.02. The van der Waals surface area contributed by atoms with Crippen molar-refractivity contribution < 1.29 is 27.5 Å². The molecule has 1 heterocycles. The molecule has 0 radical (unpaired) electrons. The van der Waals surface area contributed by atoms with Crippen LogP contribution < -0.4 is 0 Å². The van der Waals surface area contributed by atoms with Crippen molar-refractivity contribution >= 4 is 23.3 Å². The summed E-state index contributed by atoms with van der Waals surface area (Å²) in [7, 11) is 0. The summed E-state index contributed by atoms with van der Waals surface area (Å²) in [4.78, 5) is 23.4. The molecule has 0 unspecified atom stereocenters. The fourth-order valence-electron chi connectivity index (χ4n) is 2.18. The van der Waals surface area contributed by atoms with Crippen molar-refractivity contribution in [1.82, 2.24) is 4.57 Å². The van der Waals surface area contributed by atoms with Gasteiger partial charge in [0.15, 0.2) is 6.29 Å². The lowest BCUT2D eigenvalue weighted by Crippen LogP contribution is -2.26. The van der Waals surface area contributed by atoms with E-state index in [1.165, 1.54) is 6.07 Å². The molecule has 5 nitrogen and oxygen atoms in total. The number of nitriles is 1. The predicted octanol–water partition coefficient (Wildman–Crippen LogP) is 4.13. The van der Waals surface area contributed by atoms with Gasteiger partial charge in [-0.05, 0) is 32.9 Å². The molecular formula is C16H13F3N2O3. The average molecular weight is 338 g/mol. The van der Waals surface area contributed by atoms with E-state index in [1.54, 1.807) is 20.8 Å². The van der Waals surface area contributed by atoms with Crippen molar-refractivity contribution in [2.45, 2.75) is 32.5 Å². The van der Waals surface area contributed by atoms with Crippen molar-refractivity contribution in [3.05, 3.63) is 35.0 Å². The number of aromatic nitrogens is 1. The molecule has 2 rings (SSSR count). The van der Waals surface area contributed by atoms with Crippen LogP contribution in [-0.4, -0.2) is 22.5 Å². The van der Waals surface area contributed by atoms with E-state index in [1.807, 2.05) is 0 Å². The van der Waals surface area contributed by atoms with Gasteiger partial charge < -0.3 is 4.74 Å². The molecule has 2 aromatic rings. The van der Waals surface area contributed by atoms with Gasteiger partial charge in [0.1, 0.15) is 5.60 Å². The highest BCUT2D eigenvalue weighted by Crippen LogP contribution is 2.35. The van der Waals surface area contributed by atoms with Gasteiger partial charge in [0.2, 0.25) is 0 Å². The number of rotatable bonds is 1. The van der Waals surface area contributed by atoms with Gasteiger partial charge in [0.05, 0.1) is 22.7 Å². The monoisotopic (exact) mass is 338 g/mol. The molecule has 0 spiro atoms. The van der Waals surface area contributed by atoms with E-state index >= 15 is 0 Å². The number of benzene rings is 1. The van der Waals surface area contributed by atoms with Gasteiger partial charge in [0, 0.05) is 17.1 Å². The minimum Gasteiger partial charge on any atom is -0.443 e. The summed E-state index contributed by atoms with van der Waals surface area (Å²) in [5.74, 6) is 0. The molecule has 0 bridgehead atoms. The average Bonchev–Trinajstić information content (AvgIpc) is 2.81. The fraction of sp³-hybridized carbons (Fsp3) is 0.312. The SMILES string of the molecule is CC(C)(C)OC(=O)n1cc(C=O)c2cc(C#N)c(C(F)(F)F)cc21. The Morgan fingerprint density at radius 3 is 2.38 bits per heavy atom. The van der Waals surface area contributed by atoms with Crippen LogP contribution in [-0.2, 0) is 10.9 Å². The van der Waals surface area contributed by atoms with Crippen molar-refractivity contribution in [3.8, 4) is 6.07 Å². The maximum Gasteiger partial charge on any atom is 0.419 e. The molecule has 0 amide bonds. The number of nitrogens with zero attached hydrogens (tertiary/aromatic N) is 2. The molecule has 0 atom stereocenters. The normalized spacial score (nSPS) is 12.0. The lowest BCUT2D eigenvalue weighted by Gasteiger charge is -2.20. The van der Waals surface area contributed by atoms with E-state index in [-0.39, 0.29) is 16.5 Å². The number of hydrogen-bond donors (Lipinski definition) is 0. The molecule has 1 aromatic heterocycles. The van der Waals surface area contributed by atoms with Crippen LogP contribution in [0.4, 0.5) is 18.0 Å². The lowest BCUT2D eigenvalue weighted by molar-refractivity contribution is -0.137. The first-order valence-electron chi connectivity index (χ1n) is 6.83. The van der Waals surface area contributed by atoms with Crippen molar-refractivity contribution in [3.63, 3.8) is 0 Å². The minimum atomic E-state index is -4.77. The maximum atomic E-state index is 13.1. The number of ether oxygens (including phenoxy) is 1. The van der Waals surface area contributed by atoms with Gasteiger partial charge in [0.25, 0.3) is 0 Å². The highest BCUT2D eigenvalue weighted by Gasteiger charge is 2.35. The predicted molar refractivity (Wildman–Crippen MR) is 78.7 cm³/mol. The van der Waals surface area contributed by atoms with E-state index in [4.69, 9.17) is 10.00 Å². The summed E-state index contributed by atoms with van der Waals surface area (Å²) < 4.78 is 45.3. The summed E-state index contributed by atoms with van der Waals surface area (Å²) in [5, 5.41) is 9.01. The molecule has 1 aromatic carbocycles. The standard InChI is InChI=1S/C16H13F3N2O3/c1-15(2,3)24-14(23)21-7-10(8-22)11-4-9(6-20)12(5-13(11)21)16(17,18)19/h4-5,7-8H,1-3H3. The van der Waals surface area contributed by atoms with E-state index < -0.39 is 29.0 Å². The topological polar surface area (TPSA) is 72.1 Å². The molecule has 0 N–H and O–H groups in total. The van der Waals surface area contributed by atoms with Gasteiger partial charge in [-0.3, -0.25) is 9.36 Å². The third-order valence-electron chi connectivity index (χ3n) is 3.12. The molecule has 0 aliphatic rings. The Morgan fingerprint density at radius 1 is 1.29 bits per heavy atom. The van der Waals surface area contributed by atoms with Gasteiger partial charge in [-0.1, -0.05) is 0 Å². The number of carbonyl (C=O) groups excluding carboxylic acids is 2. The summed E-state index contributed by atoms with van der Waals surface area (Å²) in [6, 6.07) is 3.08. The fourth-order valence-corrected chi connectivity index (χ4v) is 2.18. The first-order valence-corrected chi connectivity index (χ1v) is 6.83. The zero-order chi connectivity index (χ0) is 18.3. The Kier molecular flexibility index (Phi) is 4.14. The van der Waals surface area contributed by atoms with Gasteiger partial charge in [-0.25, -0.2) is 4.79 Å². The molecule has 0 fully saturated rings. The van der Waals surface area contributed by atoms with Crippen molar-refractivity contribution in [1.29, 1.82) is 5.26 Å². The molecule has 126 valence electrons. The second-order valence-electron chi connectivity index (χ2n) is 6.08. The molecule has 0 saturated heterocycles. The first kappa shape index (κ1) is 17.5. The Labute approximate surface area is 135 Å². The highest BCUT2D eigenvalue weighted by atomic mass is 19.4. The van der Waals surface area contributed by atoms with Crippen LogP contribution in [0.2, 0.25) is 0 Å². The third kappa shape index (κ3) is 3.25. The van der Waals surface area contributed by atoms with Crippen LogP contribution in [0.3, 0.4) is 0 Å². The smallest absolute Gasteiger partial charge is 0.419 e. The van der Waals surface area contributed by atoms with Gasteiger partial charge >= 0.3 is 12.3 Å². The van der Waals surface area contributed by atoms with Crippen LogP contribution in [0.25, 0.3) is 10.9 Å². The number of carbonyl (C=O) groups is 2. The summed E-state index contributed by atoms with van der Waals surface area (Å²) >= 11 is 0. The van der Waals surface area contributed by atoms with Crippen LogP contribution in [0, 0.1) is 11.3 Å². The van der Waals surface area contributed by atoms with E-state index in [9.17, 15) is 22.8 Å². The third-order valence-corrected chi connectivity index (χ3v) is 3.12. The number of fused-ring (bicyclic) bond motifs is 1. The molecule has 24 heavy (non-hydrogen) atoms. The number of halogens is 3. The van der Waals surface area contributed by atoms with E-state index in [2.05, 4.69) is 0 Å².